The van der Waals surface area contributed by atoms with E-state index in [1.165, 1.54) is 23.0 Å². The zero-order valence-electron chi connectivity index (χ0n) is 27.1. The zero-order valence-corrected chi connectivity index (χ0v) is 27.8. The number of hydrogen-bond acceptors (Lipinski definition) is 7. The molecule has 6 rings (SSSR count). The largest absolute Gasteiger partial charge is 1.00 e. The monoisotopic (exact) mass is 654 g/mol. The minimum absolute atomic E-state index is 0. The predicted molar refractivity (Wildman–Crippen MR) is 165 cm³/mol. The fraction of sp³-hybridized carbons (Fsp3) is 0.529. The van der Waals surface area contributed by atoms with Crippen LogP contribution in [0.1, 0.15) is 49.8 Å². The molecule has 2 heterocycles. The second-order valence-corrected chi connectivity index (χ2v) is 13.3. The van der Waals surface area contributed by atoms with Crippen LogP contribution in [0.2, 0.25) is 0 Å². The molecule has 1 saturated carbocycles. The molecule has 248 valence electrons. The number of nitrogens with one attached hydrogen (secondary N) is 2. The van der Waals surface area contributed by atoms with Crippen molar-refractivity contribution < 1.29 is 50.3 Å². The molecule has 0 radical (unpaired) electrons. The number of benzene rings is 2. The molecule has 46 heavy (non-hydrogen) atoms. The maximum Gasteiger partial charge on any atom is 0.415 e. The average Bonchev–Trinajstić information content (AvgIpc) is 3.36. The number of ketones is 1. The van der Waals surface area contributed by atoms with Crippen molar-refractivity contribution in [2.45, 2.75) is 69.7 Å². The molecular formula is C34H43ClN4O7. The van der Waals surface area contributed by atoms with Crippen molar-refractivity contribution >= 4 is 23.7 Å². The Morgan fingerprint density at radius 3 is 2.61 bits per heavy atom. The van der Waals surface area contributed by atoms with Crippen molar-refractivity contribution in [1.29, 1.82) is 0 Å². The van der Waals surface area contributed by atoms with E-state index in [0.717, 1.165) is 53.9 Å². The van der Waals surface area contributed by atoms with Gasteiger partial charge >= 0.3 is 6.09 Å². The van der Waals surface area contributed by atoms with Crippen LogP contribution in [-0.4, -0.2) is 92.1 Å². The summed E-state index contributed by atoms with van der Waals surface area (Å²) in [6.07, 6.45) is 2.32. The summed E-state index contributed by atoms with van der Waals surface area (Å²) < 4.78 is 18.6. The Labute approximate surface area is 275 Å². The number of carbonyl (C=O) groups is 4. The number of piperidine rings is 1. The molecule has 2 aromatic rings. The molecule has 1 spiro atoms. The highest BCUT2D eigenvalue weighted by molar-refractivity contribution is 5.89. The summed E-state index contributed by atoms with van der Waals surface area (Å²) in [5.41, 5.74) is 3.39. The second-order valence-electron chi connectivity index (χ2n) is 13.3. The summed E-state index contributed by atoms with van der Waals surface area (Å²) in [6, 6.07) is 11.5. The number of amides is 3. The molecule has 2 aromatic carbocycles. The maximum absolute atomic E-state index is 13.2. The fourth-order valence-electron chi connectivity index (χ4n) is 8.36. The summed E-state index contributed by atoms with van der Waals surface area (Å²) in [5.74, 6) is 1.91. The third-order valence-corrected chi connectivity index (χ3v) is 10.5. The predicted octanol–water partition coefficient (Wildman–Crippen LogP) is -0.276. The highest BCUT2D eigenvalue weighted by Gasteiger charge is 2.69. The number of nitrogens with zero attached hydrogens (tertiary/aromatic N) is 2. The highest BCUT2D eigenvalue weighted by Crippen LogP contribution is 2.64. The Hall–Kier alpha value is -3.83. The van der Waals surface area contributed by atoms with E-state index >= 15 is 0 Å². The molecule has 3 amide bonds. The third kappa shape index (κ3) is 5.68. The van der Waals surface area contributed by atoms with E-state index in [9.17, 15) is 19.2 Å². The molecule has 2 fully saturated rings. The Morgan fingerprint density at radius 1 is 1.17 bits per heavy atom. The van der Waals surface area contributed by atoms with E-state index in [4.69, 9.17) is 14.2 Å². The van der Waals surface area contributed by atoms with Crippen LogP contribution in [0.4, 0.5) is 4.79 Å². The van der Waals surface area contributed by atoms with Gasteiger partial charge in [0.15, 0.2) is 23.4 Å². The van der Waals surface area contributed by atoms with E-state index in [1.807, 2.05) is 30.3 Å². The van der Waals surface area contributed by atoms with Crippen LogP contribution in [0.25, 0.3) is 0 Å². The lowest BCUT2D eigenvalue weighted by Gasteiger charge is -2.60. The molecule has 2 bridgehead atoms. The molecule has 2 aliphatic heterocycles. The number of halogens is 1. The first-order valence-electron chi connectivity index (χ1n) is 15.8. The second kappa shape index (κ2) is 12.8. The number of likely N-dealkylation sites (N-methyl/N-ethyl adjacent to an activating group) is 2. The molecule has 12 heteroatoms. The van der Waals surface area contributed by atoms with Gasteiger partial charge in [-0.1, -0.05) is 6.07 Å². The standard InChI is InChI=1S/C34H42N4O7.ClH/c1-20(36-21(2)39)32(41)35-15-16-37(3)33(42)44-24-9-6-22(7-10-24)19-38(4)17-14-34-25-11-12-27(40)31(34)45-30-28(43-5)13-8-23(29(30)34)18-26(25)38;/h6-10,13,20,25-26,31H,11-12,14-19H2,1-5H3,(H-,35,36,39,41);1H/t20-,25-,26?,31-,34-,38+;/m0./s1. The van der Waals surface area contributed by atoms with Crippen LogP contribution < -0.4 is 37.3 Å². The molecule has 11 nitrogen and oxygen atoms in total. The van der Waals surface area contributed by atoms with E-state index in [-0.39, 0.29) is 48.5 Å². The van der Waals surface area contributed by atoms with Crippen LogP contribution in [0.15, 0.2) is 36.4 Å². The lowest BCUT2D eigenvalue weighted by molar-refractivity contribution is -0.957. The topological polar surface area (TPSA) is 123 Å². The summed E-state index contributed by atoms with van der Waals surface area (Å²) in [6.45, 7) is 5.20. The van der Waals surface area contributed by atoms with Gasteiger partial charge in [-0.25, -0.2) is 4.79 Å². The minimum Gasteiger partial charge on any atom is -1.00 e. The first-order chi connectivity index (χ1) is 21.5. The van der Waals surface area contributed by atoms with Crippen LogP contribution in [0.5, 0.6) is 17.2 Å². The lowest BCUT2D eigenvalue weighted by atomic mass is 9.51. The van der Waals surface area contributed by atoms with E-state index in [0.29, 0.717) is 24.1 Å². The number of Topliss-reactive ketones (excluding diaryl/α,β-unsaturated/α-hetero) is 1. The number of methoxy groups -OCH3 is 1. The van der Waals surface area contributed by atoms with Crippen LogP contribution in [0, 0.1) is 5.92 Å². The van der Waals surface area contributed by atoms with Crippen molar-refractivity contribution in [1.82, 2.24) is 15.5 Å². The highest BCUT2D eigenvalue weighted by atomic mass is 35.5. The Kier molecular flexibility index (Phi) is 9.30. The summed E-state index contributed by atoms with van der Waals surface area (Å²) in [7, 11) is 5.61. The number of carbonyl (C=O) groups excluding carboxylic acids is 4. The molecule has 0 aromatic heterocycles. The van der Waals surface area contributed by atoms with Crippen LogP contribution in [-0.2, 0) is 32.8 Å². The Bertz CT molecular complexity index is 1530. The summed E-state index contributed by atoms with van der Waals surface area (Å²) in [5, 5.41) is 5.23. The van der Waals surface area contributed by atoms with Crippen molar-refractivity contribution in [2.24, 2.45) is 5.92 Å². The molecule has 6 atom stereocenters. The molecule has 2 aliphatic carbocycles. The third-order valence-electron chi connectivity index (χ3n) is 10.5. The SMILES string of the molecule is COc1ccc2c3c1O[C@H]1C(=O)CC[C@H]4C(C2)[N@@+](C)(Cc2ccc(OC(=O)N(C)CCNC(=O)[C@H](C)NC(C)=O)cc2)CC[C@]314.[Cl-]. The summed E-state index contributed by atoms with van der Waals surface area (Å²) in [4.78, 5) is 50.5. The fourth-order valence-corrected chi connectivity index (χ4v) is 8.36. The van der Waals surface area contributed by atoms with Gasteiger partial charge in [-0.3, -0.25) is 14.4 Å². The quantitative estimate of drug-likeness (QED) is 0.357. The van der Waals surface area contributed by atoms with Gasteiger partial charge in [0.25, 0.3) is 0 Å². The summed E-state index contributed by atoms with van der Waals surface area (Å²) >= 11 is 0. The van der Waals surface area contributed by atoms with E-state index in [2.05, 4.69) is 23.7 Å². The van der Waals surface area contributed by atoms with Crippen LogP contribution in [0.3, 0.4) is 0 Å². The van der Waals surface area contributed by atoms with Gasteiger partial charge in [-0.05, 0) is 49.2 Å². The van der Waals surface area contributed by atoms with Gasteiger partial charge in [0.05, 0.1) is 32.2 Å². The van der Waals surface area contributed by atoms with Crippen molar-refractivity contribution in [3.8, 4) is 17.2 Å². The van der Waals surface area contributed by atoms with Gasteiger partial charge < -0.3 is 46.6 Å². The Morgan fingerprint density at radius 2 is 1.91 bits per heavy atom. The van der Waals surface area contributed by atoms with E-state index in [1.54, 1.807) is 21.1 Å². The minimum atomic E-state index is -0.653. The smallest absolute Gasteiger partial charge is 0.415 e. The number of likely N-dealkylation sites (tertiary alicyclic amines) is 1. The number of ether oxygens (including phenoxy) is 3. The molecular weight excluding hydrogens is 612 g/mol. The van der Waals surface area contributed by atoms with E-state index < -0.39 is 18.2 Å². The van der Waals surface area contributed by atoms with Gasteiger partial charge in [0.1, 0.15) is 18.3 Å². The normalized spacial score (nSPS) is 27.2. The number of rotatable bonds is 9. The Balaban J connectivity index is 0.00000417. The first kappa shape index (κ1) is 33.5. The van der Waals surface area contributed by atoms with Gasteiger partial charge in [-0.15, -0.1) is 0 Å². The first-order valence-corrected chi connectivity index (χ1v) is 15.8. The number of quaternary nitrogens is 1. The average molecular weight is 655 g/mol. The van der Waals surface area contributed by atoms with Crippen LogP contribution >= 0.6 is 0 Å². The van der Waals surface area contributed by atoms with Gasteiger partial charge in [0.2, 0.25) is 11.8 Å². The zero-order chi connectivity index (χ0) is 32.1. The number of hydrogen-bond donors (Lipinski definition) is 2. The lowest BCUT2D eigenvalue weighted by Crippen LogP contribution is -3.00. The molecule has 2 N–H and O–H groups in total. The van der Waals surface area contributed by atoms with Gasteiger partial charge in [-0.2, -0.15) is 0 Å². The van der Waals surface area contributed by atoms with Crippen molar-refractivity contribution in [3.63, 3.8) is 0 Å². The van der Waals surface area contributed by atoms with Crippen molar-refractivity contribution in [3.05, 3.63) is 53.1 Å². The molecule has 4 aliphatic rings. The maximum atomic E-state index is 13.2. The van der Waals surface area contributed by atoms with Crippen molar-refractivity contribution in [2.75, 3.05) is 40.8 Å². The molecule has 1 unspecified atom stereocenters. The van der Waals surface area contributed by atoms with Gasteiger partial charge in [0, 0.05) is 63.4 Å². The molecule has 1 saturated heterocycles.